The largest absolute Gasteiger partial charge is 0.479 e. The fraction of sp³-hybridized carbons (Fsp3) is 0.926. The number of ether oxygens (including phenoxy) is 2. The highest BCUT2D eigenvalue weighted by Crippen LogP contribution is 2.67. The molecule has 0 spiro atoms. The van der Waals surface area contributed by atoms with E-state index in [4.69, 9.17) is 9.47 Å². The van der Waals surface area contributed by atoms with Crippen LogP contribution in [0.2, 0.25) is 0 Å². The minimum absolute atomic E-state index is 0.0554. The number of hydrogen-bond acceptors (Lipinski definition) is 9. The fourth-order valence-electron chi connectivity index (χ4n) is 9.31. The summed E-state index contributed by atoms with van der Waals surface area (Å²) >= 11 is 0. The van der Waals surface area contributed by atoms with Crippen molar-refractivity contribution in [2.45, 2.75) is 108 Å². The van der Waals surface area contributed by atoms with E-state index in [1.165, 1.54) is 0 Å². The molecule has 0 radical (unpaired) electrons. The maximum Gasteiger partial charge on any atom is 0.335 e. The Morgan fingerprint density at radius 1 is 1.05 bits per heavy atom. The first-order valence-corrected chi connectivity index (χ1v) is 13.8. The van der Waals surface area contributed by atoms with Crippen LogP contribution < -0.4 is 0 Å². The van der Waals surface area contributed by atoms with Crippen LogP contribution >= 0.6 is 0 Å². The number of hydrogen-bond donors (Lipinski definition) is 6. The number of carbonyl (C=O) groups excluding carboxylic acids is 1. The molecule has 37 heavy (non-hydrogen) atoms. The zero-order valence-electron chi connectivity index (χ0n) is 21.6. The highest BCUT2D eigenvalue weighted by molar-refractivity contribution is 5.84. The predicted octanol–water partition coefficient (Wildman–Crippen LogP) is 0.455. The van der Waals surface area contributed by atoms with Crippen LogP contribution in [-0.4, -0.2) is 91.9 Å². The fourth-order valence-corrected chi connectivity index (χ4v) is 9.31. The summed E-state index contributed by atoms with van der Waals surface area (Å²) in [7, 11) is 0. The Hall–Kier alpha value is -1.14. The monoisotopic (exact) mass is 526 g/mol. The molecule has 14 atom stereocenters. The van der Waals surface area contributed by atoms with Gasteiger partial charge in [-0.25, -0.2) is 4.79 Å². The number of aliphatic hydroxyl groups is 5. The molecule has 1 aliphatic heterocycles. The first-order valence-electron chi connectivity index (χ1n) is 13.8. The maximum absolute atomic E-state index is 13.8. The number of Topliss-reactive ketones (excluding diaryl/α,β-unsaturated/α-hetero) is 1. The van der Waals surface area contributed by atoms with Gasteiger partial charge >= 0.3 is 5.97 Å². The van der Waals surface area contributed by atoms with Crippen molar-refractivity contribution in [3.05, 3.63) is 0 Å². The molecule has 5 fully saturated rings. The normalized spacial score (nSPS) is 52.6. The second kappa shape index (κ2) is 9.80. The Morgan fingerprint density at radius 3 is 2.46 bits per heavy atom. The number of aliphatic carboxylic acids is 1. The van der Waals surface area contributed by atoms with Crippen LogP contribution in [0.25, 0.3) is 0 Å². The predicted molar refractivity (Wildman–Crippen MR) is 128 cm³/mol. The molecule has 0 aromatic rings. The molecule has 1 saturated heterocycles. The van der Waals surface area contributed by atoms with Crippen LogP contribution in [0, 0.1) is 40.4 Å². The van der Waals surface area contributed by atoms with E-state index in [9.17, 15) is 40.2 Å². The number of carboxylic acids is 1. The topological polar surface area (TPSA) is 174 Å². The summed E-state index contributed by atoms with van der Waals surface area (Å²) in [5.74, 6) is -0.470. The molecular weight excluding hydrogens is 484 g/mol. The third kappa shape index (κ3) is 4.27. The molecule has 10 heteroatoms. The van der Waals surface area contributed by atoms with Crippen LogP contribution in [0.3, 0.4) is 0 Å². The molecule has 0 unspecified atom stereocenters. The summed E-state index contributed by atoms with van der Waals surface area (Å²) < 4.78 is 11.3. The summed E-state index contributed by atoms with van der Waals surface area (Å²) in [5.41, 5.74) is -0.481. The third-order valence-electron chi connectivity index (χ3n) is 11.2. The summed E-state index contributed by atoms with van der Waals surface area (Å²) in [6.45, 7) is 4.07. The van der Waals surface area contributed by atoms with Gasteiger partial charge in [0.1, 0.15) is 24.1 Å². The van der Waals surface area contributed by atoms with Gasteiger partial charge in [-0.1, -0.05) is 13.8 Å². The lowest BCUT2D eigenvalue weighted by molar-refractivity contribution is -0.309. The summed E-state index contributed by atoms with van der Waals surface area (Å²) in [6, 6.07) is 0. The number of carbonyl (C=O) groups is 2. The molecular formula is C27H42O10. The lowest BCUT2D eigenvalue weighted by atomic mass is 9.44. The maximum atomic E-state index is 13.8. The molecule has 10 nitrogen and oxygen atoms in total. The van der Waals surface area contributed by atoms with Crippen molar-refractivity contribution in [2.75, 3.05) is 6.61 Å². The highest BCUT2D eigenvalue weighted by atomic mass is 16.7. The first kappa shape index (κ1) is 27.4. The number of fused-ring (bicyclic) bond motifs is 5. The smallest absolute Gasteiger partial charge is 0.335 e. The Labute approximate surface area is 217 Å². The lowest BCUT2D eigenvalue weighted by Crippen LogP contribution is -2.61. The number of rotatable bonds is 5. The van der Waals surface area contributed by atoms with Crippen molar-refractivity contribution < 1.29 is 49.7 Å². The van der Waals surface area contributed by atoms with Gasteiger partial charge < -0.3 is 40.1 Å². The number of aliphatic hydroxyl groups excluding tert-OH is 5. The van der Waals surface area contributed by atoms with Gasteiger partial charge in [0.2, 0.25) is 0 Å². The van der Waals surface area contributed by atoms with Crippen LogP contribution in [0.5, 0.6) is 0 Å². The molecule has 6 N–H and O–H groups in total. The van der Waals surface area contributed by atoms with E-state index < -0.39 is 42.8 Å². The Morgan fingerprint density at radius 2 is 1.78 bits per heavy atom. The van der Waals surface area contributed by atoms with Crippen LogP contribution in [0.4, 0.5) is 0 Å². The average Bonchev–Trinajstić information content (AvgIpc) is 3.19. The van der Waals surface area contributed by atoms with Gasteiger partial charge in [-0.05, 0) is 79.4 Å². The molecule has 4 saturated carbocycles. The van der Waals surface area contributed by atoms with Gasteiger partial charge in [0, 0.05) is 12.3 Å². The van der Waals surface area contributed by atoms with Gasteiger partial charge in [-0.3, -0.25) is 4.79 Å². The van der Waals surface area contributed by atoms with Crippen LogP contribution in [0.15, 0.2) is 0 Å². The summed E-state index contributed by atoms with van der Waals surface area (Å²) in [5, 5.41) is 59.8. The van der Waals surface area contributed by atoms with E-state index in [0.717, 1.165) is 32.1 Å². The first-order chi connectivity index (χ1) is 17.4. The Balaban J connectivity index is 1.29. The average molecular weight is 527 g/mol. The molecule has 0 aromatic heterocycles. The highest BCUT2D eigenvalue weighted by Gasteiger charge is 2.64. The summed E-state index contributed by atoms with van der Waals surface area (Å²) in [4.78, 5) is 25.2. The minimum atomic E-state index is -1.76. The van der Waals surface area contributed by atoms with Crippen molar-refractivity contribution >= 4 is 11.8 Å². The molecule has 0 bridgehead atoms. The van der Waals surface area contributed by atoms with E-state index in [1.54, 1.807) is 0 Å². The molecule has 210 valence electrons. The van der Waals surface area contributed by atoms with Crippen molar-refractivity contribution in [1.82, 2.24) is 0 Å². The Bertz CT molecular complexity index is 896. The van der Waals surface area contributed by atoms with Gasteiger partial charge in [-0.2, -0.15) is 0 Å². The zero-order chi connectivity index (χ0) is 26.9. The number of carboxylic acid groups (broad SMARTS) is 1. The van der Waals surface area contributed by atoms with Gasteiger partial charge in [0.25, 0.3) is 0 Å². The molecule has 1 heterocycles. The van der Waals surface area contributed by atoms with Crippen molar-refractivity contribution in [3.63, 3.8) is 0 Å². The lowest BCUT2D eigenvalue weighted by Gasteiger charge is -2.60. The second-order valence-electron chi connectivity index (χ2n) is 12.9. The second-order valence-corrected chi connectivity index (χ2v) is 12.9. The van der Waals surface area contributed by atoms with E-state index in [0.29, 0.717) is 25.2 Å². The van der Waals surface area contributed by atoms with Crippen LogP contribution in [-0.2, 0) is 19.1 Å². The van der Waals surface area contributed by atoms with Crippen molar-refractivity contribution in [2.24, 2.45) is 40.4 Å². The van der Waals surface area contributed by atoms with Crippen molar-refractivity contribution in [1.29, 1.82) is 0 Å². The van der Waals surface area contributed by atoms with E-state index in [2.05, 4.69) is 13.8 Å². The standard InChI is InChI=1S/C27H42O10/c1-26-8-7-13(36-25-22(33)20(31)21(32)23(37-25)24(34)35)9-12(26)3-4-14-15-5-6-16(18(30)11-28)27(15,2)10-17(29)19(14)26/h12-16,18-23,25,28,30-33H,3-11H2,1-2H3,(H,34,35)/t12-,13-,14+,15+,16-,18-,19-,20+,21+,22-,23-,25-,26+,27+/m1/s1. The molecule has 0 aromatic carbocycles. The number of ketones is 1. The molecule has 5 rings (SSSR count). The summed E-state index contributed by atoms with van der Waals surface area (Å²) in [6.07, 6.45) is -3.13. The molecule has 4 aliphatic carbocycles. The van der Waals surface area contributed by atoms with E-state index in [1.807, 2.05) is 0 Å². The molecule has 0 amide bonds. The van der Waals surface area contributed by atoms with Crippen molar-refractivity contribution in [3.8, 4) is 0 Å². The van der Waals surface area contributed by atoms with Gasteiger partial charge in [-0.15, -0.1) is 0 Å². The SMILES string of the molecule is C[C@]12CC[C@@H](O[C@@H]3O[C@@H](C(=O)O)[C@@H](O)[C@H](O)[C@H]3O)C[C@H]1CC[C@H]1[C@@H]3CC[C@H]([C@H](O)CO)[C@@]3(C)CC(=O)[C@@H]12. The third-order valence-corrected chi connectivity index (χ3v) is 11.2. The van der Waals surface area contributed by atoms with E-state index >= 15 is 0 Å². The Kier molecular flexibility index (Phi) is 7.26. The zero-order valence-corrected chi connectivity index (χ0v) is 21.6. The quantitative estimate of drug-likeness (QED) is 0.276. The van der Waals surface area contributed by atoms with Gasteiger partial charge in [0.05, 0.1) is 18.8 Å². The van der Waals surface area contributed by atoms with Crippen LogP contribution in [0.1, 0.15) is 65.2 Å². The minimum Gasteiger partial charge on any atom is -0.479 e. The molecule has 5 aliphatic rings. The van der Waals surface area contributed by atoms with E-state index in [-0.39, 0.29) is 53.0 Å². The van der Waals surface area contributed by atoms with Gasteiger partial charge in [0.15, 0.2) is 12.4 Å².